The molecule has 0 unspecified atom stereocenters. The van der Waals surface area contributed by atoms with Gasteiger partial charge in [0.15, 0.2) is 11.3 Å². The Bertz CT molecular complexity index is 1180. The van der Waals surface area contributed by atoms with E-state index in [1.54, 1.807) is 24.0 Å². The van der Waals surface area contributed by atoms with E-state index >= 15 is 0 Å². The van der Waals surface area contributed by atoms with Gasteiger partial charge in [0.05, 0.1) is 0 Å². The van der Waals surface area contributed by atoms with E-state index in [2.05, 4.69) is 15.4 Å². The number of hydrogen-bond acceptors (Lipinski definition) is 5. The van der Waals surface area contributed by atoms with Crippen LogP contribution in [0.5, 0.6) is 0 Å². The third-order valence-electron chi connectivity index (χ3n) is 4.29. The fourth-order valence-corrected chi connectivity index (χ4v) is 3.72. The van der Waals surface area contributed by atoms with Crippen molar-refractivity contribution in [2.45, 2.75) is 26.4 Å². The molecule has 0 saturated heterocycles. The molecular weight excluding hydrogens is 400 g/mol. The second-order valence-corrected chi connectivity index (χ2v) is 8.54. The highest BCUT2D eigenvalue weighted by atomic mass is 32.1. The lowest BCUT2D eigenvalue weighted by atomic mass is 10.1. The van der Waals surface area contributed by atoms with Crippen molar-refractivity contribution in [1.29, 1.82) is 0 Å². The van der Waals surface area contributed by atoms with Gasteiger partial charge in [-0.25, -0.2) is 4.79 Å². The number of hydroxylamine groups is 1. The highest BCUT2D eigenvalue weighted by Crippen LogP contribution is 2.31. The van der Waals surface area contributed by atoms with E-state index in [4.69, 9.17) is 4.84 Å². The molecule has 0 spiro atoms. The number of carbonyl (C=O) groups excluding carboxylic acids is 1. The van der Waals surface area contributed by atoms with E-state index in [1.807, 2.05) is 57.2 Å². The van der Waals surface area contributed by atoms with Crippen LogP contribution in [0.15, 0.2) is 60.4 Å². The number of hydrogen-bond donors (Lipinski definition) is 2. The Morgan fingerprint density at radius 1 is 1.30 bits per heavy atom. The van der Waals surface area contributed by atoms with Crippen molar-refractivity contribution in [1.82, 2.24) is 15.4 Å². The van der Waals surface area contributed by atoms with E-state index in [9.17, 15) is 9.90 Å². The Hall–Kier alpha value is -3.20. The Kier molecular flexibility index (Phi) is 5.29. The number of aliphatic hydroxyl groups is 1. The van der Waals surface area contributed by atoms with Gasteiger partial charge in [0.2, 0.25) is 5.01 Å². The Balaban J connectivity index is 1.68. The number of rotatable bonds is 4. The molecule has 154 valence electrons. The first-order chi connectivity index (χ1) is 14.3. The maximum absolute atomic E-state index is 12.7. The van der Waals surface area contributed by atoms with Crippen LogP contribution >= 0.6 is 11.3 Å². The van der Waals surface area contributed by atoms with E-state index in [-0.39, 0.29) is 6.10 Å². The normalized spacial score (nSPS) is 11.6. The number of thiazole rings is 1. The van der Waals surface area contributed by atoms with Crippen LogP contribution < -0.4 is 10.0 Å². The van der Waals surface area contributed by atoms with Crippen molar-refractivity contribution in [3.63, 3.8) is 0 Å². The first-order valence-corrected chi connectivity index (χ1v) is 10.2. The van der Waals surface area contributed by atoms with E-state index < -0.39 is 11.6 Å². The summed E-state index contributed by atoms with van der Waals surface area (Å²) in [4.78, 5) is 26.7. The lowest BCUT2D eigenvalue weighted by Crippen LogP contribution is -2.51. The monoisotopic (exact) mass is 421 g/mol. The summed E-state index contributed by atoms with van der Waals surface area (Å²) in [6.07, 6.45) is 5.02. The zero-order chi connectivity index (χ0) is 21.3. The molecule has 3 heterocycles. The summed E-state index contributed by atoms with van der Waals surface area (Å²) in [7, 11) is 0. The van der Waals surface area contributed by atoms with Crippen molar-refractivity contribution >= 4 is 28.3 Å². The molecule has 0 radical (unpaired) electrons. The van der Waals surface area contributed by atoms with E-state index in [0.717, 1.165) is 16.0 Å². The number of pyridine rings is 1. The fraction of sp³-hybridized carbons (Fsp3) is 0.182. The summed E-state index contributed by atoms with van der Waals surface area (Å²) in [5, 5.41) is 14.2. The molecule has 2 N–H and O–H groups in total. The van der Waals surface area contributed by atoms with Crippen LogP contribution in [0.2, 0.25) is 0 Å². The largest absolute Gasteiger partial charge is 0.470 e. The number of nitrogens with zero attached hydrogens (tertiary/aromatic N) is 3. The standard InChI is InChI=1S/C22H21N4O3S/c1-22(2,3)29-25-21(28)26-12-16(15-8-4-5-9-18(15)26)19(27)17-13-30-20(24-17)14-7-6-10-23-11-14/h4-13,27H,1-3H3,(H,25,28)/q-1. The number of carbonyl (C=O) groups is 1. The number of para-hydroxylation sites is 1. The third-order valence-corrected chi connectivity index (χ3v) is 5.18. The number of benzene rings is 1. The average Bonchev–Trinajstić information content (AvgIpc) is 3.37. The van der Waals surface area contributed by atoms with Gasteiger partial charge in [-0.3, -0.25) is 9.55 Å². The molecule has 4 rings (SSSR count). The lowest BCUT2D eigenvalue weighted by molar-refractivity contribution is -0.546. The molecule has 4 aromatic rings. The van der Waals surface area contributed by atoms with Gasteiger partial charge in [0.25, 0.3) is 0 Å². The highest BCUT2D eigenvalue weighted by Gasteiger charge is 2.21. The first kappa shape index (κ1) is 20.1. The second-order valence-electron chi connectivity index (χ2n) is 7.68. The molecule has 30 heavy (non-hydrogen) atoms. The SMILES string of the molecule is CC(C)(C)ONC(=O)[n+]1cc([C-](O)c2c[s+][c-](-c3cccnc3)n2)c2cccc[c-]21. The average molecular weight is 422 g/mol. The minimum absolute atomic E-state index is 0.000815. The quantitative estimate of drug-likeness (QED) is 0.225. The van der Waals surface area contributed by atoms with Gasteiger partial charge in [-0.05, 0) is 38.6 Å². The van der Waals surface area contributed by atoms with Crippen LogP contribution in [-0.4, -0.2) is 26.7 Å². The molecule has 8 heteroatoms. The fourth-order valence-electron chi connectivity index (χ4n) is 2.92. The van der Waals surface area contributed by atoms with Crippen molar-refractivity contribution < 1.29 is 19.3 Å². The summed E-state index contributed by atoms with van der Waals surface area (Å²) in [6, 6.07) is 10.7. The maximum Gasteiger partial charge on any atom is 0.470 e. The van der Waals surface area contributed by atoms with Gasteiger partial charge in [0, 0.05) is 23.6 Å². The predicted molar refractivity (Wildman–Crippen MR) is 113 cm³/mol. The Morgan fingerprint density at radius 3 is 2.87 bits per heavy atom. The molecule has 0 aliphatic rings. The zero-order valence-electron chi connectivity index (χ0n) is 16.8. The Labute approximate surface area is 177 Å². The molecule has 3 aromatic heterocycles. The number of fused-ring (bicyclic) bond motifs is 1. The number of aromatic nitrogens is 3. The van der Waals surface area contributed by atoms with Crippen molar-refractivity contribution in [3.8, 4) is 10.6 Å². The number of amides is 1. The molecule has 0 atom stereocenters. The third kappa shape index (κ3) is 4.06. The summed E-state index contributed by atoms with van der Waals surface area (Å²) in [5.74, 6) is 0. The highest BCUT2D eigenvalue weighted by molar-refractivity contribution is 7.13. The Morgan fingerprint density at radius 2 is 2.13 bits per heavy atom. The molecule has 7 nitrogen and oxygen atoms in total. The van der Waals surface area contributed by atoms with Crippen LogP contribution in [-0.2, 0) is 4.84 Å². The molecule has 0 aliphatic carbocycles. The summed E-state index contributed by atoms with van der Waals surface area (Å²) >= 11 is 1.42. The smallest absolute Gasteiger partial charge is 0.419 e. The van der Waals surface area contributed by atoms with Crippen molar-refractivity contribution in [2.75, 3.05) is 0 Å². The van der Waals surface area contributed by atoms with E-state index in [0.29, 0.717) is 16.8 Å². The van der Waals surface area contributed by atoms with Crippen LogP contribution in [0.1, 0.15) is 32.0 Å². The van der Waals surface area contributed by atoms with E-state index in [1.165, 1.54) is 15.9 Å². The molecule has 1 aromatic carbocycles. The van der Waals surface area contributed by atoms with Crippen LogP contribution in [0.25, 0.3) is 21.5 Å². The first-order valence-electron chi connectivity index (χ1n) is 9.34. The van der Waals surface area contributed by atoms with Gasteiger partial charge in [-0.1, -0.05) is 12.1 Å². The molecular formula is C22H21N4O3S-. The van der Waals surface area contributed by atoms with Crippen LogP contribution in [0.4, 0.5) is 4.79 Å². The summed E-state index contributed by atoms with van der Waals surface area (Å²) in [6.45, 7) is 5.52. The lowest BCUT2D eigenvalue weighted by Gasteiger charge is -2.16. The summed E-state index contributed by atoms with van der Waals surface area (Å²) < 4.78 is 1.42. The minimum atomic E-state index is -0.529. The second kappa shape index (κ2) is 7.91. The van der Waals surface area contributed by atoms with Gasteiger partial charge in [0.1, 0.15) is 11.0 Å². The molecule has 0 bridgehead atoms. The zero-order valence-corrected chi connectivity index (χ0v) is 17.6. The topological polar surface area (TPSA) is 88.2 Å². The van der Waals surface area contributed by atoms with Crippen LogP contribution in [0.3, 0.4) is 0 Å². The van der Waals surface area contributed by atoms with Gasteiger partial charge in [-0.15, -0.1) is 34.6 Å². The van der Waals surface area contributed by atoms with Crippen molar-refractivity contribution in [3.05, 3.63) is 77.7 Å². The van der Waals surface area contributed by atoms with Gasteiger partial charge < -0.3 is 10.1 Å². The maximum atomic E-state index is 12.7. The molecule has 1 amide bonds. The predicted octanol–water partition coefficient (Wildman–Crippen LogP) is 3.95. The summed E-state index contributed by atoms with van der Waals surface area (Å²) in [5.41, 5.74) is 4.41. The molecule has 0 aliphatic heterocycles. The number of aliphatic hydroxyl groups excluding tert-OH is 1. The molecule has 0 fully saturated rings. The number of nitrogens with one attached hydrogen (secondary N) is 1. The minimum Gasteiger partial charge on any atom is -0.419 e. The van der Waals surface area contributed by atoms with Crippen molar-refractivity contribution in [2.24, 2.45) is 0 Å². The van der Waals surface area contributed by atoms with Gasteiger partial charge >= 0.3 is 6.03 Å². The molecule has 0 saturated carbocycles. The van der Waals surface area contributed by atoms with Gasteiger partial charge in [-0.2, -0.15) is 10.9 Å². The van der Waals surface area contributed by atoms with Crippen LogP contribution in [0, 0.1) is 6.10 Å².